The van der Waals surface area contributed by atoms with E-state index in [2.05, 4.69) is 16.6 Å². The van der Waals surface area contributed by atoms with Crippen LogP contribution in [-0.2, 0) is 18.3 Å². The molecule has 0 saturated carbocycles. The van der Waals surface area contributed by atoms with Crippen molar-refractivity contribution >= 4 is 23.4 Å². The van der Waals surface area contributed by atoms with Gasteiger partial charge in [-0.2, -0.15) is 5.10 Å². The van der Waals surface area contributed by atoms with E-state index in [0.29, 0.717) is 11.3 Å². The summed E-state index contributed by atoms with van der Waals surface area (Å²) in [4.78, 5) is 24.6. The van der Waals surface area contributed by atoms with Crippen LogP contribution < -0.4 is 0 Å². The Hall–Kier alpha value is -2.08. The van der Waals surface area contributed by atoms with Crippen molar-refractivity contribution < 1.29 is 14.3 Å². The first-order valence-electron chi connectivity index (χ1n) is 7.84. The highest BCUT2D eigenvalue weighted by Gasteiger charge is 2.22. The lowest BCUT2D eigenvalue weighted by Gasteiger charge is -2.08. The normalized spacial score (nSPS) is 10.9. The van der Waals surface area contributed by atoms with E-state index in [1.54, 1.807) is 14.0 Å². The zero-order valence-corrected chi connectivity index (χ0v) is 15.4. The first-order chi connectivity index (χ1) is 11.3. The Morgan fingerprint density at radius 1 is 1.29 bits per heavy atom. The van der Waals surface area contributed by atoms with Crippen molar-refractivity contribution in [2.24, 2.45) is 7.05 Å². The van der Waals surface area contributed by atoms with Crippen molar-refractivity contribution in [3.63, 3.8) is 0 Å². The van der Waals surface area contributed by atoms with Crippen molar-refractivity contribution in [2.75, 3.05) is 6.61 Å². The van der Waals surface area contributed by atoms with E-state index in [4.69, 9.17) is 16.3 Å². The number of halogens is 1. The minimum absolute atomic E-state index is 0.198. The van der Waals surface area contributed by atoms with Gasteiger partial charge in [0.2, 0.25) is 5.78 Å². The molecular weight excluding hydrogens is 330 g/mol. The van der Waals surface area contributed by atoms with Gasteiger partial charge >= 0.3 is 5.97 Å². The third-order valence-electron chi connectivity index (χ3n) is 4.01. The average molecular weight is 352 g/mol. The molecule has 130 valence electrons. The minimum atomic E-state index is -0.638. The maximum Gasteiger partial charge on any atom is 0.343 e. The quantitative estimate of drug-likeness (QED) is 0.592. The summed E-state index contributed by atoms with van der Waals surface area (Å²) in [5.74, 6) is -0.863. The van der Waals surface area contributed by atoms with Crippen LogP contribution in [0.3, 0.4) is 0 Å². The van der Waals surface area contributed by atoms with Gasteiger partial charge in [-0.25, -0.2) is 4.79 Å². The van der Waals surface area contributed by atoms with Gasteiger partial charge in [-0.1, -0.05) is 18.5 Å². The van der Waals surface area contributed by atoms with Crippen molar-refractivity contribution in [1.82, 2.24) is 14.3 Å². The zero-order chi connectivity index (χ0) is 18.0. The van der Waals surface area contributed by atoms with Crippen LogP contribution in [0.1, 0.15) is 51.1 Å². The third-order valence-corrected chi connectivity index (χ3v) is 4.45. The molecule has 0 atom stereocenters. The van der Waals surface area contributed by atoms with Gasteiger partial charge in [-0.05, 0) is 33.3 Å². The molecule has 0 spiro atoms. The van der Waals surface area contributed by atoms with Gasteiger partial charge in [-0.15, -0.1) is 0 Å². The fourth-order valence-electron chi connectivity index (χ4n) is 2.79. The zero-order valence-electron chi connectivity index (χ0n) is 14.6. The molecule has 0 aromatic carbocycles. The Balaban J connectivity index is 2.11. The summed E-state index contributed by atoms with van der Waals surface area (Å²) in [6.07, 6.45) is 0.984. The number of carbonyl (C=O) groups is 2. The molecule has 0 aliphatic heterocycles. The molecule has 0 fully saturated rings. The fourth-order valence-corrected chi connectivity index (χ4v) is 3.05. The number of rotatable bonds is 6. The third kappa shape index (κ3) is 3.38. The van der Waals surface area contributed by atoms with Crippen LogP contribution in [0, 0.1) is 20.8 Å². The number of hydrogen-bond donors (Lipinski definition) is 0. The SMILES string of the molecule is CCCn1c(C)cc(C(=O)COC(=O)c2c(C)nn(C)c2Cl)c1C. The Morgan fingerprint density at radius 3 is 2.50 bits per heavy atom. The number of hydrogen-bond acceptors (Lipinski definition) is 4. The maximum atomic E-state index is 12.4. The van der Waals surface area contributed by atoms with Crippen LogP contribution in [0.25, 0.3) is 0 Å². The summed E-state index contributed by atoms with van der Waals surface area (Å²) in [5.41, 5.74) is 3.17. The summed E-state index contributed by atoms with van der Waals surface area (Å²) in [5, 5.41) is 4.26. The highest BCUT2D eigenvalue weighted by molar-refractivity contribution is 6.32. The topological polar surface area (TPSA) is 66.1 Å². The van der Waals surface area contributed by atoms with E-state index in [-0.39, 0.29) is 23.1 Å². The first kappa shape index (κ1) is 18.3. The van der Waals surface area contributed by atoms with Crippen LogP contribution in [-0.4, -0.2) is 32.7 Å². The second-order valence-electron chi connectivity index (χ2n) is 5.81. The number of carbonyl (C=O) groups excluding carboxylic acids is 2. The lowest BCUT2D eigenvalue weighted by Crippen LogP contribution is -2.15. The van der Waals surface area contributed by atoms with E-state index in [1.807, 2.05) is 19.9 Å². The number of ketones is 1. The Morgan fingerprint density at radius 2 is 1.96 bits per heavy atom. The monoisotopic (exact) mass is 351 g/mol. The van der Waals surface area contributed by atoms with E-state index >= 15 is 0 Å². The highest BCUT2D eigenvalue weighted by Crippen LogP contribution is 2.20. The molecule has 6 nitrogen and oxygen atoms in total. The van der Waals surface area contributed by atoms with Crippen molar-refractivity contribution in [3.8, 4) is 0 Å². The molecule has 7 heteroatoms. The summed E-state index contributed by atoms with van der Waals surface area (Å²) in [7, 11) is 1.64. The molecule has 0 unspecified atom stereocenters. The van der Waals surface area contributed by atoms with Crippen molar-refractivity contribution in [3.05, 3.63) is 39.4 Å². The molecule has 0 bridgehead atoms. The average Bonchev–Trinajstić information content (AvgIpc) is 2.95. The van der Waals surface area contributed by atoms with Crippen LogP contribution >= 0.6 is 11.6 Å². The summed E-state index contributed by atoms with van der Waals surface area (Å²) >= 11 is 6.04. The largest absolute Gasteiger partial charge is 0.454 e. The van der Waals surface area contributed by atoms with Gasteiger partial charge in [0.1, 0.15) is 10.7 Å². The van der Waals surface area contributed by atoms with Gasteiger partial charge in [-0.3, -0.25) is 9.48 Å². The number of ether oxygens (including phenoxy) is 1. The standard InChI is InChI=1S/C17H22ClN3O3/c1-6-7-21-10(2)8-13(12(21)4)14(22)9-24-17(23)15-11(3)19-20(5)16(15)18/h8H,6-7,9H2,1-5H3. The van der Waals surface area contributed by atoms with Gasteiger partial charge in [0, 0.05) is 30.5 Å². The Labute approximate surface area is 146 Å². The molecule has 2 aromatic rings. The number of esters is 1. The lowest BCUT2D eigenvalue weighted by atomic mass is 10.1. The second kappa shape index (κ2) is 7.21. The number of aryl methyl sites for hydroxylation is 3. The maximum absolute atomic E-state index is 12.4. The lowest BCUT2D eigenvalue weighted by molar-refractivity contribution is 0.0474. The van der Waals surface area contributed by atoms with Gasteiger partial charge in [0.05, 0.1) is 5.69 Å². The smallest absolute Gasteiger partial charge is 0.343 e. The number of nitrogens with zero attached hydrogens (tertiary/aromatic N) is 3. The van der Waals surface area contributed by atoms with E-state index in [0.717, 1.165) is 24.4 Å². The van der Waals surface area contributed by atoms with Crippen LogP contribution in [0.5, 0.6) is 0 Å². The summed E-state index contributed by atoms with van der Waals surface area (Å²) in [6, 6.07) is 1.84. The van der Waals surface area contributed by atoms with Gasteiger partial charge < -0.3 is 9.30 Å². The predicted molar refractivity (Wildman–Crippen MR) is 91.8 cm³/mol. The van der Waals surface area contributed by atoms with Crippen molar-refractivity contribution in [1.29, 1.82) is 0 Å². The molecular formula is C17H22ClN3O3. The van der Waals surface area contributed by atoms with Crippen molar-refractivity contribution in [2.45, 2.75) is 40.7 Å². The molecule has 0 saturated heterocycles. The Kier molecular flexibility index (Phi) is 5.49. The van der Waals surface area contributed by atoms with Gasteiger partial charge in [0.25, 0.3) is 0 Å². The van der Waals surface area contributed by atoms with E-state index < -0.39 is 5.97 Å². The molecule has 0 aliphatic rings. The van der Waals surface area contributed by atoms with Crippen LogP contribution in [0.2, 0.25) is 5.15 Å². The summed E-state index contributed by atoms with van der Waals surface area (Å²) in [6.45, 7) is 8.16. The predicted octanol–water partition coefficient (Wildman–Crippen LogP) is 3.25. The van der Waals surface area contributed by atoms with E-state index in [9.17, 15) is 9.59 Å². The molecule has 2 rings (SSSR count). The molecule has 0 radical (unpaired) electrons. The fraction of sp³-hybridized carbons (Fsp3) is 0.471. The number of Topliss-reactive ketones (excluding diaryl/α,β-unsaturated/α-hetero) is 1. The molecule has 2 heterocycles. The number of aromatic nitrogens is 3. The Bertz CT molecular complexity index is 790. The first-order valence-corrected chi connectivity index (χ1v) is 8.21. The summed E-state index contributed by atoms with van der Waals surface area (Å²) < 4.78 is 8.64. The van der Waals surface area contributed by atoms with Crippen LogP contribution in [0.15, 0.2) is 6.07 Å². The van der Waals surface area contributed by atoms with E-state index in [1.165, 1.54) is 4.68 Å². The minimum Gasteiger partial charge on any atom is -0.454 e. The molecule has 0 N–H and O–H groups in total. The molecule has 0 amide bonds. The van der Waals surface area contributed by atoms with Gasteiger partial charge in [0.15, 0.2) is 6.61 Å². The molecule has 2 aromatic heterocycles. The van der Waals surface area contributed by atoms with Crippen LogP contribution in [0.4, 0.5) is 0 Å². The molecule has 0 aliphatic carbocycles. The second-order valence-corrected chi connectivity index (χ2v) is 6.17. The highest BCUT2D eigenvalue weighted by atomic mass is 35.5. The molecule has 24 heavy (non-hydrogen) atoms.